The fourth-order valence-corrected chi connectivity index (χ4v) is 3.98. The Morgan fingerprint density at radius 1 is 1.32 bits per heavy atom. The van der Waals surface area contributed by atoms with E-state index in [0.717, 1.165) is 28.1 Å². The van der Waals surface area contributed by atoms with Crippen LogP contribution in [0.15, 0.2) is 24.3 Å². The van der Waals surface area contributed by atoms with Gasteiger partial charge in [-0.3, -0.25) is 4.68 Å². The maximum absolute atomic E-state index is 12.0. The van der Waals surface area contributed by atoms with Crippen LogP contribution in [-0.4, -0.2) is 52.4 Å². The number of aryl methyl sites for hydroxylation is 1. The molecule has 1 N–H and O–H groups in total. The van der Waals surface area contributed by atoms with Gasteiger partial charge in [-0.25, -0.2) is 8.42 Å². The summed E-state index contributed by atoms with van der Waals surface area (Å²) < 4.78 is 27.2. The molecule has 25 heavy (non-hydrogen) atoms. The molecule has 2 aromatic rings. The third kappa shape index (κ3) is 3.89. The molecule has 0 amide bonds. The van der Waals surface area contributed by atoms with Gasteiger partial charge >= 0.3 is 0 Å². The van der Waals surface area contributed by atoms with Crippen LogP contribution in [0.3, 0.4) is 0 Å². The Hall–Kier alpha value is -1.41. The van der Waals surface area contributed by atoms with Gasteiger partial charge in [0.2, 0.25) is 10.0 Å². The summed E-state index contributed by atoms with van der Waals surface area (Å²) in [5.74, 6) is 0.129. The summed E-state index contributed by atoms with van der Waals surface area (Å²) >= 11 is 5.73. The summed E-state index contributed by atoms with van der Waals surface area (Å²) in [4.78, 5) is 0. The molecule has 1 aliphatic rings. The first-order chi connectivity index (χ1) is 11.8. The number of halogens is 1. The number of fused-ring (bicyclic) bond motifs is 1. The predicted octanol–water partition coefficient (Wildman–Crippen LogP) is 1.78. The Morgan fingerprint density at radius 2 is 2.00 bits per heavy atom. The molecule has 1 aromatic carbocycles. The number of hydrogen-bond donors (Lipinski definition) is 1. The van der Waals surface area contributed by atoms with Crippen LogP contribution in [0.5, 0.6) is 0 Å². The molecule has 0 saturated carbocycles. The van der Waals surface area contributed by atoms with Crippen molar-refractivity contribution in [2.24, 2.45) is 0 Å². The van der Waals surface area contributed by atoms with Crippen LogP contribution in [0.4, 0.5) is 0 Å². The zero-order valence-corrected chi connectivity index (χ0v) is 15.9. The lowest BCUT2D eigenvalue weighted by molar-refractivity contribution is 0.169. The van der Waals surface area contributed by atoms with Gasteiger partial charge in [-0.2, -0.15) is 9.40 Å². The van der Waals surface area contributed by atoms with Crippen LogP contribution in [0.2, 0.25) is 0 Å². The number of sulfonamides is 1. The molecular formula is C17H22ClN3O3S. The van der Waals surface area contributed by atoms with Crippen molar-refractivity contribution in [1.29, 1.82) is 0 Å². The van der Waals surface area contributed by atoms with Crippen LogP contribution in [0.25, 0.3) is 11.3 Å². The van der Waals surface area contributed by atoms with Gasteiger partial charge in [-0.05, 0) is 6.92 Å². The quantitative estimate of drug-likeness (QED) is 0.798. The molecule has 2 heterocycles. The molecule has 1 aromatic heterocycles. The van der Waals surface area contributed by atoms with Gasteiger partial charge in [0.15, 0.2) is 0 Å². The van der Waals surface area contributed by atoms with Gasteiger partial charge in [-0.1, -0.05) is 29.8 Å². The monoisotopic (exact) mass is 383 g/mol. The van der Waals surface area contributed by atoms with Crippen LogP contribution in [-0.2, 0) is 29.5 Å². The third-order valence-electron chi connectivity index (χ3n) is 4.45. The predicted molar refractivity (Wildman–Crippen MR) is 98.1 cm³/mol. The minimum atomic E-state index is -3.27. The van der Waals surface area contributed by atoms with E-state index < -0.39 is 16.1 Å². The molecule has 1 atom stereocenters. The van der Waals surface area contributed by atoms with Gasteiger partial charge in [0, 0.05) is 36.3 Å². The second-order valence-corrected chi connectivity index (χ2v) is 8.77. The average molecular weight is 384 g/mol. The summed E-state index contributed by atoms with van der Waals surface area (Å²) in [5.41, 5.74) is 4.73. The summed E-state index contributed by atoms with van der Waals surface area (Å²) in [6.07, 6.45) is 1.10. The molecule has 6 nitrogen and oxygen atoms in total. The molecular weight excluding hydrogens is 362 g/mol. The Labute approximate surface area is 153 Å². The van der Waals surface area contributed by atoms with E-state index in [-0.39, 0.29) is 5.88 Å². The van der Waals surface area contributed by atoms with Crippen molar-refractivity contribution in [2.45, 2.75) is 32.5 Å². The maximum atomic E-state index is 12.0. The number of aliphatic hydroxyl groups excluding tert-OH is 1. The maximum Gasteiger partial charge on any atom is 0.211 e. The molecule has 0 radical (unpaired) electrons. The smallest absolute Gasteiger partial charge is 0.211 e. The third-order valence-corrected chi connectivity index (χ3v) is 6.06. The topological polar surface area (TPSA) is 75.4 Å². The van der Waals surface area contributed by atoms with Crippen LogP contribution >= 0.6 is 11.6 Å². The first kappa shape index (κ1) is 18.4. The number of aliphatic hydroxyl groups is 1. The second kappa shape index (κ2) is 7.07. The SMILES string of the molecule is Cc1ccc(-c2nn(C[C@@H](O)CCl)c3c2CN(S(C)(=O)=O)CC3)cc1. The largest absolute Gasteiger partial charge is 0.390 e. The first-order valence-corrected chi connectivity index (χ1v) is 10.5. The lowest BCUT2D eigenvalue weighted by Gasteiger charge is -2.26. The zero-order valence-electron chi connectivity index (χ0n) is 14.3. The number of nitrogens with zero attached hydrogens (tertiary/aromatic N) is 3. The molecule has 0 unspecified atom stereocenters. The summed E-state index contributed by atoms with van der Waals surface area (Å²) in [5, 5.41) is 14.6. The number of aromatic nitrogens is 2. The van der Waals surface area contributed by atoms with Crippen molar-refractivity contribution in [2.75, 3.05) is 18.7 Å². The van der Waals surface area contributed by atoms with Crippen molar-refractivity contribution in [3.8, 4) is 11.3 Å². The number of benzene rings is 1. The Balaban J connectivity index is 2.07. The first-order valence-electron chi connectivity index (χ1n) is 8.14. The molecule has 1 aliphatic heterocycles. The highest BCUT2D eigenvalue weighted by atomic mass is 35.5. The highest BCUT2D eigenvalue weighted by Crippen LogP contribution is 2.31. The molecule has 0 spiro atoms. The number of alkyl halides is 1. The standard InChI is InChI=1S/C17H22ClN3O3S/c1-12-3-5-13(6-4-12)17-15-11-20(25(2,23)24)8-7-16(15)21(19-17)10-14(22)9-18/h3-6,14,22H,7-11H2,1-2H3/t14-/m0/s1. The fourth-order valence-electron chi connectivity index (χ4n) is 3.09. The summed E-state index contributed by atoms with van der Waals surface area (Å²) in [6, 6.07) is 7.98. The van der Waals surface area contributed by atoms with Crippen molar-refractivity contribution >= 4 is 21.6 Å². The van der Waals surface area contributed by atoms with Crippen molar-refractivity contribution in [1.82, 2.24) is 14.1 Å². The highest BCUT2D eigenvalue weighted by molar-refractivity contribution is 7.88. The second-order valence-electron chi connectivity index (χ2n) is 6.48. The molecule has 0 aliphatic carbocycles. The van der Waals surface area contributed by atoms with E-state index in [0.29, 0.717) is 26.1 Å². The minimum Gasteiger partial charge on any atom is -0.390 e. The highest BCUT2D eigenvalue weighted by Gasteiger charge is 2.30. The van der Waals surface area contributed by atoms with Crippen LogP contribution in [0, 0.1) is 6.92 Å². The molecule has 0 fully saturated rings. The molecule has 136 valence electrons. The fraction of sp³-hybridized carbons (Fsp3) is 0.471. The van der Waals surface area contributed by atoms with E-state index >= 15 is 0 Å². The molecule has 8 heteroatoms. The van der Waals surface area contributed by atoms with Gasteiger partial charge in [0.25, 0.3) is 0 Å². The van der Waals surface area contributed by atoms with E-state index in [1.807, 2.05) is 31.2 Å². The average Bonchev–Trinajstić information content (AvgIpc) is 2.92. The normalized spacial score (nSPS) is 16.6. The number of rotatable bonds is 5. The van der Waals surface area contributed by atoms with E-state index in [9.17, 15) is 13.5 Å². The molecule has 3 rings (SSSR count). The van der Waals surface area contributed by atoms with Crippen LogP contribution < -0.4 is 0 Å². The Morgan fingerprint density at radius 3 is 2.60 bits per heavy atom. The van der Waals surface area contributed by atoms with Gasteiger partial charge < -0.3 is 5.11 Å². The lowest BCUT2D eigenvalue weighted by Crippen LogP contribution is -2.36. The minimum absolute atomic E-state index is 0.129. The Bertz CT molecular complexity index is 862. The molecule has 0 bridgehead atoms. The van der Waals surface area contributed by atoms with Gasteiger partial charge in [0.05, 0.1) is 30.5 Å². The van der Waals surface area contributed by atoms with E-state index in [4.69, 9.17) is 11.6 Å². The van der Waals surface area contributed by atoms with Crippen molar-refractivity contribution < 1.29 is 13.5 Å². The van der Waals surface area contributed by atoms with Crippen molar-refractivity contribution in [3.63, 3.8) is 0 Å². The van der Waals surface area contributed by atoms with Crippen molar-refractivity contribution in [3.05, 3.63) is 41.1 Å². The summed E-state index contributed by atoms with van der Waals surface area (Å²) in [7, 11) is -3.27. The lowest BCUT2D eigenvalue weighted by atomic mass is 10.0. The van der Waals surface area contributed by atoms with Gasteiger partial charge in [0.1, 0.15) is 0 Å². The van der Waals surface area contributed by atoms with E-state index in [1.165, 1.54) is 10.6 Å². The van der Waals surface area contributed by atoms with Gasteiger partial charge in [-0.15, -0.1) is 11.6 Å². The van der Waals surface area contributed by atoms with E-state index in [1.54, 1.807) is 4.68 Å². The van der Waals surface area contributed by atoms with Crippen LogP contribution in [0.1, 0.15) is 16.8 Å². The Kier molecular flexibility index (Phi) is 5.20. The molecule has 0 saturated heterocycles. The number of hydrogen-bond acceptors (Lipinski definition) is 4. The van der Waals surface area contributed by atoms with E-state index in [2.05, 4.69) is 5.10 Å². The summed E-state index contributed by atoms with van der Waals surface area (Å²) in [6.45, 7) is 3.03. The zero-order chi connectivity index (χ0) is 18.2.